The molecule has 0 amide bonds. The number of sulfonamides is 1. The Morgan fingerprint density at radius 1 is 1.58 bits per heavy atom. The van der Waals surface area contributed by atoms with Crippen molar-refractivity contribution in [3.8, 4) is 0 Å². The Bertz CT molecular complexity index is 240. The zero-order valence-corrected chi connectivity index (χ0v) is 8.66. The maximum Gasteiger partial charge on any atom is 0.225 e. The second-order valence-corrected chi connectivity index (χ2v) is 5.57. The van der Waals surface area contributed by atoms with E-state index in [1.807, 2.05) is 0 Å². The monoisotopic (exact) mass is 211 g/mol. The summed E-state index contributed by atoms with van der Waals surface area (Å²) in [5, 5.41) is -0.331. The molecule has 0 saturated heterocycles. The van der Waals surface area contributed by atoms with Gasteiger partial charge in [-0.2, -0.15) is 0 Å². The molecule has 72 valence electrons. The summed E-state index contributed by atoms with van der Waals surface area (Å²) in [6.07, 6.45) is 3.20. The topological polar surface area (TPSA) is 46.2 Å². The van der Waals surface area contributed by atoms with Crippen LogP contribution in [0, 0.1) is 5.92 Å². The van der Waals surface area contributed by atoms with E-state index in [1.165, 1.54) is 0 Å². The SMILES string of the molecule is CCCC1CC1NS(=O)(=O)CCl. The molecule has 0 aliphatic heterocycles. The van der Waals surface area contributed by atoms with Crippen molar-refractivity contribution in [3.63, 3.8) is 0 Å². The lowest BCUT2D eigenvalue weighted by molar-refractivity contribution is 0.577. The number of rotatable bonds is 5. The van der Waals surface area contributed by atoms with E-state index in [0.29, 0.717) is 5.92 Å². The van der Waals surface area contributed by atoms with Crippen molar-refractivity contribution < 1.29 is 8.42 Å². The molecule has 1 aliphatic carbocycles. The quantitative estimate of drug-likeness (QED) is 0.697. The van der Waals surface area contributed by atoms with Crippen molar-refractivity contribution in [2.24, 2.45) is 5.92 Å². The van der Waals surface area contributed by atoms with Gasteiger partial charge in [0.05, 0.1) is 0 Å². The Balaban J connectivity index is 2.28. The molecule has 1 N–H and O–H groups in total. The summed E-state index contributed by atoms with van der Waals surface area (Å²) in [6, 6.07) is 0.161. The van der Waals surface area contributed by atoms with Crippen molar-refractivity contribution in [2.75, 3.05) is 5.21 Å². The average Bonchev–Trinajstić information content (AvgIpc) is 2.68. The minimum absolute atomic E-state index is 0.161. The third-order valence-corrected chi connectivity index (χ3v) is 3.87. The number of hydrogen-bond donors (Lipinski definition) is 1. The second kappa shape index (κ2) is 3.94. The lowest BCUT2D eigenvalue weighted by atomic mass is 10.2. The van der Waals surface area contributed by atoms with Gasteiger partial charge in [-0.1, -0.05) is 13.3 Å². The van der Waals surface area contributed by atoms with Crippen molar-refractivity contribution in [1.29, 1.82) is 0 Å². The van der Waals surface area contributed by atoms with Gasteiger partial charge in [0, 0.05) is 6.04 Å². The smallest absolute Gasteiger partial charge is 0.211 e. The third kappa shape index (κ3) is 2.92. The van der Waals surface area contributed by atoms with E-state index >= 15 is 0 Å². The second-order valence-electron chi connectivity index (χ2n) is 3.23. The molecule has 0 radical (unpaired) electrons. The summed E-state index contributed by atoms with van der Waals surface area (Å²) in [6.45, 7) is 2.10. The Morgan fingerprint density at radius 2 is 2.25 bits per heavy atom. The van der Waals surface area contributed by atoms with Crippen molar-refractivity contribution in [1.82, 2.24) is 4.72 Å². The van der Waals surface area contributed by atoms with E-state index in [-0.39, 0.29) is 11.3 Å². The first-order valence-corrected chi connectivity index (χ1v) is 6.33. The molecule has 2 unspecified atom stereocenters. The molecule has 5 heteroatoms. The van der Waals surface area contributed by atoms with Crippen molar-refractivity contribution >= 4 is 21.6 Å². The molecule has 0 aromatic rings. The molecule has 12 heavy (non-hydrogen) atoms. The van der Waals surface area contributed by atoms with Crippen LogP contribution in [0.5, 0.6) is 0 Å². The maximum absolute atomic E-state index is 11.0. The molecule has 1 rings (SSSR count). The van der Waals surface area contributed by atoms with Crippen LogP contribution in [0.1, 0.15) is 26.2 Å². The van der Waals surface area contributed by atoms with Gasteiger partial charge in [-0.05, 0) is 18.8 Å². The molecular weight excluding hydrogens is 198 g/mol. The predicted octanol–water partition coefficient (Wildman–Crippen LogP) is 1.29. The van der Waals surface area contributed by atoms with Crippen LogP contribution in [0.4, 0.5) is 0 Å². The molecule has 1 saturated carbocycles. The number of halogens is 1. The standard InChI is InChI=1S/C7H14ClNO2S/c1-2-3-6-4-7(6)9-12(10,11)5-8/h6-7,9H,2-5H2,1H3. The molecular formula is C7H14ClNO2S. The highest BCUT2D eigenvalue weighted by Crippen LogP contribution is 2.34. The van der Waals surface area contributed by atoms with Crippen molar-refractivity contribution in [3.05, 3.63) is 0 Å². The summed E-state index contributed by atoms with van der Waals surface area (Å²) in [5.74, 6) is 0.549. The Hall–Kier alpha value is 0.200. The minimum atomic E-state index is -3.19. The maximum atomic E-state index is 11.0. The molecule has 2 atom stereocenters. The minimum Gasteiger partial charge on any atom is -0.211 e. The Kier molecular flexibility index (Phi) is 3.37. The van der Waals surface area contributed by atoms with Gasteiger partial charge in [0.1, 0.15) is 5.21 Å². The molecule has 0 bridgehead atoms. The predicted molar refractivity (Wildman–Crippen MR) is 49.6 cm³/mol. The molecule has 1 fully saturated rings. The van der Waals surface area contributed by atoms with E-state index < -0.39 is 10.0 Å². The van der Waals surface area contributed by atoms with Gasteiger partial charge in [0.2, 0.25) is 10.0 Å². The summed E-state index contributed by atoms with van der Waals surface area (Å²) in [4.78, 5) is 0. The fraction of sp³-hybridized carbons (Fsp3) is 1.00. The van der Waals surface area contributed by atoms with Gasteiger partial charge in [-0.25, -0.2) is 13.1 Å². The first-order valence-electron chi connectivity index (χ1n) is 4.15. The van der Waals surface area contributed by atoms with E-state index in [4.69, 9.17) is 11.6 Å². The van der Waals surface area contributed by atoms with Crippen molar-refractivity contribution in [2.45, 2.75) is 32.2 Å². The molecule has 0 aromatic carbocycles. The summed E-state index contributed by atoms with van der Waals surface area (Å²) < 4.78 is 24.5. The highest BCUT2D eigenvalue weighted by Gasteiger charge is 2.38. The zero-order valence-electron chi connectivity index (χ0n) is 7.09. The number of alkyl halides is 1. The first kappa shape index (κ1) is 10.3. The lowest BCUT2D eigenvalue weighted by Crippen LogP contribution is -2.27. The Labute approximate surface area is 78.5 Å². The highest BCUT2D eigenvalue weighted by molar-refractivity contribution is 7.90. The summed E-state index contributed by atoms with van der Waals surface area (Å²) in [5.41, 5.74) is 0. The zero-order chi connectivity index (χ0) is 9.19. The van der Waals surface area contributed by atoms with Crippen LogP contribution in [0.2, 0.25) is 0 Å². The van der Waals surface area contributed by atoms with Crippen LogP contribution in [0.25, 0.3) is 0 Å². The van der Waals surface area contributed by atoms with Gasteiger partial charge in [0.15, 0.2) is 0 Å². The van der Waals surface area contributed by atoms with Gasteiger partial charge < -0.3 is 0 Å². The number of hydrogen-bond acceptors (Lipinski definition) is 2. The molecule has 0 heterocycles. The van der Waals surface area contributed by atoms with Crippen LogP contribution in [-0.2, 0) is 10.0 Å². The van der Waals surface area contributed by atoms with E-state index in [2.05, 4.69) is 11.6 Å². The fourth-order valence-corrected chi connectivity index (χ4v) is 2.35. The summed E-state index contributed by atoms with van der Waals surface area (Å²) >= 11 is 5.24. The van der Waals surface area contributed by atoms with E-state index in [0.717, 1.165) is 19.3 Å². The highest BCUT2D eigenvalue weighted by atomic mass is 35.5. The molecule has 0 spiro atoms. The van der Waals surface area contributed by atoms with Crippen LogP contribution >= 0.6 is 11.6 Å². The average molecular weight is 212 g/mol. The molecule has 1 aliphatic rings. The number of nitrogens with one attached hydrogen (secondary N) is 1. The third-order valence-electron chi connectivity index (χ3n) is 2.06. The fourth-order valence-electron chi connectivity index (χ4n) is 1.34. The van der Waals surface area contributed by atoms with Gasteiger partial charge in [0.25, 0.3) is 0 Å². The largest absolute Gasteiger partial charge is 0.225 e. The van der Waals surface area contributed by atoms with Crippen LogP contribution in [-0.4, -0.2) is 19.7 Å². The van der Waals surface area contributed by atoms with Crippen LogP contribution in [0.3, 0.4) is 0 Å². The summed E-state index contributed by atoms with van der Waals surface area (Å²) in [7, 11) is -3.19. The molecule has 0 aromatic heterocycles. The van der Waals surface area contributed by atoms with E-state index in [1.54, 1.807) is 0 Å². The van der Waals surface area contributed by atoms with Gasteiger partial charge in [-0.3, -0.25) is 0 Å². The van der Waals surface area contributed by atoms with Crippen LogP contribution in [0.15, 0.2) is 0 Å². The lowest BCUT2D eigenvalue weighted by Gasteiger charge is -2.01. The van der Waals surface area contributed by atoms with E-state index in [9.17, 15) is 8.42 Å². The first-order chi connectivity index (χ1) is 5.59. The van der Waals surface area contributed by atoms with Gasteiger partial charge in [-0.15, -0.1) is 11.6 Å². The Morgan fingerprint density at radius 3 is 2.75 bits per heavy atom. The normalized spacial score (nSPS) is 28.8. The van der Waals surface area contributed by atoms with Crippen LogP contribution < -0.4 is 4.72 Å². The van der Waals surface area contributed by atoms with Gasteiger partial charge >= 0.3 is 0 Å². The molecule has 3 nitrogen and oxygen atoms in total.